The lowest BCUT2D eigenvalue weighted by atomic mass is 10.2. The van der Waals surface area contributed by atoms with E-state index in [-0.39, 0.29) is 18.8 Å². The van der Waals surface area contributed by atoms with E-state index in [9.17, 15) is 15.2 Å². The lowest BCUT2D eigenvalue weighted by molar-refractivity contribution is -0.384. The minimum Gasteiger partial charge on any atom is -0.491 e. The molecule has 1 saturated heterocycles. The van der Waals surface area contributed by atoms with Crippen molar-refractivity contribution in [2.45, 2.75) is 25.5 Å². The number of nitrogens with zero attached hydrogens (tertiary/aromatic N) is 4. The Bertz CT molecular complexity index is 729. The van der Waals surface area contributed by atoms with Crippen LogP contribution in [0.3, 0.4) is 0 Å². The molecule has 9 heteroatoms. The Morgan fingerprint density at radius 3 is 2.76 bits per heavy atom. The summed E-state index contributed by atoms with van der Waals surface area (Å²) < 4.78 is 5.52. The van der Waals surface area contributed by atoms with E-state index in [1.807, 2.05) is 6.92 Å². The summed E-state index contributed by atoms with van der Waals surface area (Å²) in [5.41, 5.74) is 0.00593. The summed E-state index contributed by atoms with van der Waals surface area (Å²) in [5, 5.41) is 24.2. The molecule has 0 amide bonds. The fourth-order valence-corrected chi connectivity index (χ4v) is 3.55. The van der Waals surface area contributed by atoms with Gasteiger partial charge in [-0.1, -0.05) is 12.2 Å². The minimum atomic E-state index is -0.764. The van der Waals surface area contributed by atoms with E-state index in [4.69, 9.17) is 4.74 Å². The third-order valence-electron chi connectivity index (χ3n) is 5.10. The van der Waals surface area contributed by atoms with Gasteiger partial charge in [0.2, 0.25) is 0 Å². The SMILES string of the molecule is CCNC(=NCC(O)COc1ccc([N+](=O)[O-])cc1)N1CCC(N2CC=CC2)C1. The number of likely N-dealkylation sites (tertiary alicyclic amines) is 1. The van der Waals surface area contributed by atoms with Crippen molar-refractivity contribution in [2.24, 2.45) is 4.99 Å². The summed E-state index contributed by atoms with van der Waals surface area (Å²) in [6.45, 7) is 7.01. The second-order valence-electron chi connectivity index (χ2n) is 7.22. The van der Waals surface area contributed by atoms with Gasteiger partial charge in [-0.3, -0.25) is 20.0 Å². The van der Waals surface area contributed by atoms with Crippen molar-refractivity contribution in [2.75, 3.05) is 45.9 Å². The highest BCUT2D eigenvalue weighted by Gasteiger charge is 2.29. The van der Waals surface area contributed by atoms with Gasteiger partial charge in [0.15, 0.2) is 5.96 Å². The lowest BCUT2D eigenvalue weighted by Gasteiger charge is -2.25. The number of aliphatic hydroxyl groups excluding tert-OH is 1. The smallest absolute Gasteiger partial charge is 0.269 e. The van der Waals surface area contributed by atoms with E-state index in [2.05, 4.69) is 32.3 Å². The van der Waals surface area contributed by atoms with Crippen LogP contribution in [0.4, 0.5) is 5.69 Å². The van der Waals surface area contributed by atoms with Crippen LogP contribution in [-0.2, 0) is 0 Å². The highest BCUT2D eigenvalue weighted by molar-refractivity contribution is 5.80. The number of benzene rings is 1. The van der Waals surface area contributed by atoms with Crippen LogP contribution in [0.2, 0.25) is 0 Å². The Hall–Kier alpha value is -2.65. The summed E-state index contributed by atoms with van der Waals surface area (Å²) in [6.07, 6.45) is 4.77. The number of ether oxygens (including phenoxy) is 1. The number of aliphatic imine (C=N–C) groups is 1. The Morgan fingerprint density at radius 2 is 2.10 bits per heavy atom. The second kappa shape index (κ2) is 10.2. The van der Waals surface area contributed by atoms with Gasteiger partial charge in [0.05, 0.1) is 11.5 Å². The molecule has 0 bridgehead atoms. The number of guanidine groups is 1. The maximum Gasteiger partial charge on any atom is 0.269 e. The van der Waals surface area contributed by atoms with Crippen LogP contribution >= 0.6 is 0 Å². The van der Waals surface area contributed by atoms with E-state index < -0.39 is 11.0 Å². The van der Waals surface area contributed by atoms with Crippen molar-refractivity contribution in [1.82, 2.24) is 15.1 Å². The van der Waals surface area contributed by atoms with Crippen molar-refractivity contribution in [3.8, 4) is 5.75 Å². The van der Waals surface area contributed by atoms with Gasteiger partial charge in [-0.05, 0) is 25.5 Å². The number of non-ortho nitro benzene ring substituents is 1. The summed E-state index contributed by atoms with van der Waals surface area (Å²) in [5.74, 6) is 1.30. The number of hydrogen-bond donors (Lipinski definition) is 2. The van der Waals surface area contributed by atoms with Crippen molar-refractivity contribution < 1.29 is 14.8 Å². The maximum absolute atomic E-state index is 10.7. The molecule has 3 rings (SSSR count). The highest BCUT2D eigenvalue weighted by atomic mass is 16.6. The first-order chi connectivity index (χ1) is 14.1. The largest absolute Gasteiger partial charge is 0.491 e. The van der Waals surface area contributed by atoms with Gasteiger partial charge in [0, 0.05) is 50.9 Å². The number of nitrogens with one attached hydrogen (secondary N) is 1. The van der Waals surface area contributed by atoms with E-state index in [1.54, 1.807) is 0 Å². The standard InChI is InChI=1S/C20H29N5O4/c1-2-21-20(24-12-9-17(14-24)23-10-3-4-11-23)22-13-18(26)15-29-19-7-5-16(6-8-19)25(27)28/h3-8,17-18,26H,2,9-15H2,1H3,(H,21,22). The van der Waals surface area contributed by atoms with Crippen LogP contribution < -0.4 is 10.1 Å². The van der Waals surface area contributed by atoms with Crippen LogP contribution in [0, 0.1) is 10.1 Å². The number of rotatable bonds is 8. The van der Waals surface area contributed by atoms with Crippen molar-refractivity contribution in [3.63, 3.8) is 0 Å². The monoisotopic (exact) mass is 403 g/mol. The molecule has 1 fully saturated rings. The molecule has 29 heavy (non-hydrogen) atoms. The molecule has 0 saturated carbocycles. The van der Waals surface area contributed by atoms with Gasteiger partial charge in [0.1, 0.15) is 18.5 Å². The topological polar surface area (TPSA) is 103 Å². The predicted octanol–water partition coefficient (Wildman–Crippen LogP) is 1.25. The summed E-state index contributed by atoms with van der Waals surface area (Å²) in [7, 11) is 0. The zero-order chi connectivity index (χ0) is 20.6. The molecule has 158 valence electrons. The summed E-state index contributed by atoms with van der Waals surface area (Å²) in [6, 6.07) is 6.33. The number of nitro benzene ring substituents is 1. The zero-order valence-electron chi connectivity index (χ0n) is 16.7. The fourth-order valence-electron chi connectivity index (χ4n) is 3.55. The molecule has 0 spiro atoms. The Kier molecular flexibility index (Phi) is 7.42. The van der Waals surface area contributed by atoms with E-state index in [0.717, 1.165) is 45.1 Å². The summed E-state index contributed by atoms with van der Waals surface area (Å²) in [4.78, 5) is 19.5. The normalized spacial score (nSPS) is 20.8. The molecular weight excluding hydrogens is 374 g/mol. The number of aliphatic hydroxyl groups is 1. The van der Waals surface area contributed by atoms with E-state index in [0.29, 0.717) is 11.8 Å². The Labute approximate surface area is 170 Å². The molecule has 0 aromatic heterocycles. The Morgan fingerprint density at radius 1 is 1.38 bits per heavy atom. The molecule has 1 aromatic rings. The van der Waals surface area contributed by atoms with Gasteiger partial charge in [-0.2, -0.15) is 0 Å². The molecule has 0 radical (unpaired) electrons. The van der Waals surface area contributed by atoms with E-state index >= 15 is 0 Å². The minimum absolute atomic E-state index is 0.00593. The quantitative estimate of drug-likeness (QED) is 0.221. The molecular formula is C20H29N5O4. The van der Waals surface area contributed by atoms with Crippen molar-refractivity contribution >= 4 is 11.6 Å². The van der Waals surface area contributed by atoms with Gasteiger partial charge in [-0.15, -0.1) is 0 Å². The second-order valence-corrected chi connectivity index (χ2v) is 7.22. The fraction of sp³-hybridized carbons (Fsp3) is 0.550. The van der Waals surface area contributed by atoms with E-state index in [1.165, 1.54) is 24.3 Å². The molecule has 2 atom stereocenters. The van der Waals surface area contributed by atoms with Gasteiger partial charge >= 0.3 is 0 Å². The average molecular weight is 403 g/mol. The van der Waals surface area contributed by atoms with Crippen LogP contribution in [0.25, 0.3) is 0 Å². The van der Waals surface area contributed by atoms with Crippen molar-refractivity contribution in [3.05, 3.63) is 46.5 Å². The van der Waals surface area contributed by atoms with Crippen LogP contribution in [-0.4, -0.2) is 83.8 Å². The molecule has 1 aromatic carbocycles. The molecule has 2 aliphatic rings. The van der Waals surface area contributed by atoms with Gasteiger partial charge in [0.25, 0.3) is 5.69 Å². The predicted molar refractivity (Wildman–Crippen MR) is 111 cm³/mol. The number of nitro groups is 1. The third-order valence-corrected chi connectivity index (χ3v) is 5.10. The molecule has 0 aliphatic carbocycles. The van der Waals surface area contributed by atoms with Crippen molar-refractivity contribution in [1.29, 1.82) is 0 Å². The molecule has 2 heterocycles. The average Bonchev–Trinajstić information content (AvgIpc) is 3.41. The summed E-state index contributed by atoms with van der Waals surface area (Å²) >= 11 is 0. The third kappa shape index (κ3) is 5.91. The Balaban J connectivity index is 1.48. The molecule has 2 N–H and O–H groups in total. The van der Waals surface area contributed by atoms with Crippen LogP contribution in [0.1, 0.15) is 13.3 Å². The zero-order valence-corrected chi connectivity index (χ0v) is 16.7. The molecule has 2 aliphatic heterocycles. The lowest BCUT2D eigenvalue weighted by Crippen LogP contribution is -2.43. The highest BCUT2D eigenvalue weighted by Crippen LogP contribution is 2.19. The van der Waals surface area contributed by atoms with Gasteiger partial charge in [-0.25, -0.2) is 0 Å². The first-order valence-electron chi connectivity index (χ1n) is 10.0. The first kappa shape index (κ1) is 21.1. The van der Waals surface area contributed by atoms with Gasteiger partial charge < -0.3 is 20.1 Å². The maximum atomic E-state index is 10.7. The molecule has 2 unspecified atom stereocenters. The first-order valence-corrected chi connectivity index (χ1v) is 10.0. The van der Waals surface area contributed by atoms with Crippen LogP contribution in [0.15, 0.2) is 41.4 Å². The van der Waals surface area contributed by atoms with Crippen LogP contribution in [0.5, 0.6) is 5.75 Å². The molecule has 9 nitrogen and oxygen atoms in total. The number of hydrogen-bond acceptors (Lipinski definition) is 6.